The third-order valence-electron chi connectivity index (χ3n) is 9.87. The van der Waals surface area contributed by atoms with Crippen molar-refractivity contribution < 1.29 is 23.1 Å². The van der Waals surface area contributed by atoms with Gasteiger partial charge < -0.3 is 15.2 Å². The van der Waals surface area contributed by atoms with Gasteiger partial charge in [0.15, 0.2) is 0 Å². The van der Waals surface area contributed by atoms with E-state index in [1.165, 1.54) is 6.26 Å². The Labute approximate surface area is 191 Å². The molecule has 32 heavy (non-hydrogen) atoms. The molecule has 1 amide bonds. The van der Waals surface area contributed by atoms with Crippen LogP contribution in [0.2, 0.25) is 0 Å². The fourth-order valence-corrected chi connectivity index (χ4v) is 9.09. The first kappa shape index (κ1) is 22.7. The molecule has 8 heteroatoms. The first-order chi connectivity index (χ1) is 14.8. The van der Waals surface area contributed by atoms with Gasteiger partial charge in [0.05, 0.1) is 18.3 Å². The predicted octanol–water partition coefficient (Wildman–Crippen LogP) is 2.32. The van der Waals surface area contributed by atoms with Crippen LogP contribution in [0.25, 0.3) is 0 Å². The van der Waals surface area contributed by atoms with E-state index in [0.717, 1.165) is 37.0 Å². The van der Waals surface area contributed by atoms with Gasteiger partial charge in [-0.15, -0.1) is 0 Å². The van der Waals surface area contributed by atoms with E-state index < -0.39 is 21.7 Å². The van der Waals surface area contributed by atoms with Crippen LogP contribution in [0.5, 0.6) is 0 Å². The topological polar surface area (TPSA) is 105 Å². The average molecular weight is 467 g/mol. The number of fused-ring (bicyclic) bond motifs is 2. The highest BCUT2D eigenvalue weighted by molar-refractivity contribution is 7.88. The Hall–Kier alpha value is -1.12. The molecule has 0 bridgehead atoms. The van der Waals surface area contributed by atoms with Gasteiger partial charge in [-0.2, -0.15) is 0 Å². The molecule has 4 fully saturated rings. The fourth-order valence-electron chi connectivity index (χ4n) is 8.32. The molecule has 5 aliphatic rings. The van der Waals surface area contributed by atoms with Crippen LogP contribution in [-0.4, -0.2) is 50.0 Å². The van der Waals surface area contributed by atoms with Crippen molar-refractivity contribution in [3.8, 4) is 0 Å². The summed E-state index contributed by atoms with van der Waals surface area (Å²) in [5, 5.41) is 14.0. The number of nitrogens with one attached hydrogen (secondary N) is 2. The van der Waals surface area contributed by atoms with Crippen LogP contribution in [0.1, 0.15) is 66.2 Å². The van der Waals surface area contributed by atoms with Gasteiger partial charge in [-0.05, 0) is 49.0 Å². The van der Waals surface area contributed by atoms with E-state index >= 15 is 0 Å². The number of amides is 1. The number of carbonyl (C=O) groups excluding carboxylic acids is 1. The summed E-state index contributed by atoms with van der Waals surface area (Å²) in [5.74, 6) is 1.07. The first-order valence-corrected chi connectivity index (χ1v) is 14.0. The maximum atomic E-state index is 12.4. The van der Waals surface area contributed by atoms with Crippen molar-refractivity contribution in [2.45, 2.75) is 84.0 Å². The van der Waals surface area contributed by atoms with Crippen LogP contribution in [0.15, 0.2) is 11.3 Å². The zero-order chi connectivity index (χ0) is 23.3. The molecule has 0 aromatic heterocycles. The lowest BCUT2D eigenvalue weighted by Crippen LogP contribution is -2.70. The van der Waals surface area contributed by atoms with E-state index in [-0.39, 0.29) is 40.5 Å². The minimum Gasteiger partial charge on any atom is -0.490 e. The Balaban J connectivity index is 1.65. The normalized spacial score (nSPS) is 47.5. The van der Waals surface area contributed by atoms with E-state index in [1.54, 1.807) is 0 Å². The predicted molar refractivity (Wildman–Crippen MR) is 121 cm³/mol. The van der Waals surface area contributed by atoms with Crippen LogP contribution in [0.3, 0.4) is 0 Å². The first-order valence-electron chi connectivity index (χ1n) is 12.1. The number of rotatable bonds is 2. The minimum absolute atomic E-state index is 0.0198. The Morgan fingerprint density at radius 1 is 1.16 bits per heavy atom. The van der Waals surface area contributed by atoms with Gasteiger partial charge in [0.2, 0.25) is 15.9 Å². The number of carbonyl (C=O) groups is 1. The second kappa shape index (κ2) is 6.95. The van der Waals surface area contributed by atoms with Crippen molar-refractivity contribution >= 4 is 15.9 Å². The zero-order valence-electron chi connectivity index (χ0n) is 19.9. The summed E-state index contributed by atoms with van der Waals surface area (Å²) in [6.07, 6.45) is 5.47. The van der Waals surface area contributed by atoms with Crippen LogP contribution in [0.4, 0.5) is 0 Å². The highest BCUT2D eigenvalue weighted by atomic mass is 32.2. The SMILES string of the molecule is CC1CCC2C(C)(C)CC(NS(C)(=O)=O)CC23OC2=C4CNC(=O)C4CC(O)C2CC13C. The lowest BCUT2D eigenvalue weighted by molar-refractivity contribution is -0.268. The van der Waals surface area contributed by atoms with Crippen molar-refractivity contribution in [2.24, 2.45) is 34.5 Å². The molecule has 180 valence electrons. The fraction of sp³-hybridized carbons (Fsp3) is 0.875. The van der Waals surface area contributed by atoms with Gasteiger partial charge in [0.25, 0.3) is 0 Å². The van der Waals surface area contributed by atoms with Crippen molar-refractivity contribution in [1.82, 2.24) is 10.0 Å². The zero-order valence-corrected chi connectivity index (χ0v) is 20.7. The molecule has 8 atom stereocenters. The standard InChI is InChI=1S/C24H38N2O5S/c1-13-6-7-19-22(2,3)9-14(26-32(5,29)30)10-24(19)23(13,4)11-16-18(27)8-15-17(20(16)31-24)12-25-21(15)28/h13-16,18-19,26-27H,6-12H2,1-5H3,(H,25,28). The van der Waals surface area contributed by atoms with Gasteiger partial charge >= 0.3 is 0 Å². The summed E-state index contributed by atoms with van der Waals surface area (Å²) in [7, 11) is -3.35. The number of hydrogen-bond acceptors (Lipinski definition) is 5. The van der Waals surface area contributed by atoms with E-state index in [9.17, 15) is 18.3 Å². The Bertz CT molecular complexity index is 975. The molecule has 5 rings (SSSR count). The summed E-state index contributed by atoms with van der Waals surface area (Å²) < 4.78 is 34.4. The summed E-state index contributed by atoms with van der Waals surface area (Å²) in [5.41, 5.74) is 0.191. The van der Waals surface area contributed by atoms with Crippen molar-refractivity contribution in [3.05, 3.63) is 11.3 Å². The van der Waals surface area contributed by atoms with Gasteiger partial charge in [-0.3, -0.25) is 4.79 Å². The minimum atomic E-state index is -3.35. The van der Waals surface area contributed by atoms with Crippen LogP contribution in [0, 0.1) is 34.5 Å². The van der Waals surface area contributed by atoms with Crippen molar-refractivity contribution in [1.29, 1.82) is 0 Å². The van der Waals surface area contributed by atoms with Crippen LogP contribution >= 0.6 is 0 Å². The average Bonchev–Trinajstić information content (AvgIpc) is 3.00. The Morgan fingerprint density at radius 3 is 2.56 bits per heavy atom. The largest absolute Gasteiger partial charge is 0.490 e. The molecular formula is C24H38N2O5S. The van der Waals surface area contributed by atoms with Crippen LogP contribution in [-0.2, 0) is 19.6 Å². The highest BCUT2D eigenvalue weighted by Crippen LogP contribution is 2.68. The van der Waals surface area contributed by atoms with E-state index in [2.05, 4.69) is 37.7 Å². The van der Waals surface area contributed by atoms with Gasteiger partial charge in [-0.1, -0.05) is 27.7 Å². The smallest absolute Gasteiger partial charge is 0.227 e. The molecule has 0 aromatic rings. The van der Waals surface area contributed by atoms with Crippen molar-refractivity contribution in [2.75, 3.05) is 12.8 Å². The molecule has 0 aromatic carbocycles. The van der Waals surface area contributed by atoms with E-state index in [0.29, 0.717) is 25.3 Å². The number of aliphatic hydroxyl groups excluding tert-OH is 1. The second-order valence-electron chi connectivity index (χ2n) is 12.2. The molecule has 7 nitrogen and oxygen atoms in total. The second-order valence-corrected chi connectivity index (χ2v) is 14.0. The maximum absolute atomic E-state index is 12.4. The van der Waals surface area contributed by atoms with Gasteiger partial charge in [0, 0.05) is 36.3 Å². The lowest BCUT2D eigenvalue weighted by Gasteiger charge is -2.69. The molecule has 3 N–H and O–H groups in total. The maximum Gasteiger partial charge on any atom is 0.227 e. The van der Waals surface area contributed by atoms with E-state index in [4.69, 9.17) is 4.74 Å². The van der Waals surface area contributed by atoms with Gasteiger partial charge in [-0.25, -0.2) is 13.1 Å². The number of hydrogen-bond donors (Lipinski definition) is 3. The molecule has 2 saturated heterocycles. The summed E-state index contributed by atoms with van der Waals surface area (Å²) in [6.45, 7) is 9.58. The molecule has 2 aliphatic heterocycles. The van der Waals surface area contributed by atoms with Crippen LogP contribution < -0.4 is 10.0 Å². The molecule has 8 unspecified atom stereocenters. The lowest BCUT2D eigenvalue weighted by atomic mass is 9.42. The van der Waals surface area contributed by atoms with E-state index in [1.807, 2.05) is 0 Å². The Kier molecular flexibility index (Phi) is 4.92. The molecular weight excluding hydrogens is 428 g/mol. The molecule has 3 aliphatic carbocycles. The Morgan fingerprint density at radius 2 is 1.88 bits per heavy atom. The quantitative estimate of drug-likeness (QED) is 0.579. The monoisotopic (exact) mass is 466 g/mol. The number of aliphatic hydroxyl groups is 1. The highest BCUT2D eigenvalue weighted by Gasteiger charge is 2.69. The molecule has 2 saturated carbocycles. The molecule has 2 heterocycles. The van der Waals surface area contributed by atoms with Gasteiger partial charge in [0.1, 0.15) is 11.4 Å². The number of sulfonamides is 1. The third kappa shape index (κ3) is 3.12. The third-order valence-corrected chi connectivity index (χ3v) is 10.6. The molecule has 1 spiro atoms. The number of ether oxygens (including phenoxy) is 1. The summed E-state index contributed by atoms with van der Waals surface area (Å²) >= 11 is 0. The molecule has 0 radical (unpaired) electrons. The summed E-state index contributed by atoms with van der Waals surface area (Å²) in [4.78, 5) is 12.4. The van der Waals surface area contributed by atoms with Crippen molar-refractivity contribution in [3.63, 3.8) is 0 Å². The summed E-state index contributed by atoms with van der Waals surface area (Å²) in [6, 6.07) is -0.198.